The Balaban J connectivity index is 1.50. The van der Waals surface area contributed by atoms with E-state index in [4.69, 9.17) is 16.3 Å². The molecule has 7 heteroatoms. The number of hydrogen-bond donors (Lipinski definition) is 2. The van der Waals surface area contributed by atoms with E-state index in [9.17, 15) is 9.59 Å². The van der Waals surface area contributed by atoms with E-state index in [0.29, 0.717) is 17.0 Å². The normalized spacial score (nSPS) is 16.8. The van der Waals surface area contributed by atoms with Crippen molar-refractivity contribution >= 4 is 34.8 Å². The molecule has 0 aromatic heterocycles. The van der Waals surface area contributed by atoms with Gasteiger partial charge in [0.1, 0.15) is 5.75 Å². The van der Waals surface area contributed by atoms with E-state index < -0.39 is 0 Å². The number of ether oxygens (including phenoxy) is 1. The number of carbonyl (C=O) groups excluding carboxylic acids is 2. The van der Waals surface area contributed by atoms with Gasteiger partial charge < -0.3 is 20.3 Å². The zero-order chi connectivity index (χ0) is 19.7. The molecule has 1 fully saturated rings. The second kappa shape index (κ2) is 7.72. The summed E-state index contributed by atoms with van der Waals surface area (Å²) in [5, 5.41) is 5.95. The number of nitrogens with one attached hydrogen (secondary N) is 2. The molecular formula is C21H22ClN3O3. The highest BCUT2D eigenvalue weighted by atomic mass is 35.5. The van der Waals surface area contributed by atoms with Crippen molar-refractivity contribution in [3.63, 3.8) is 0 Å². The molecule has 0 bridgehead atoms. The van der Waals surface area contributed by atoms with Gasteiger partial charge in [-0.05, 0) is 49.6 Å². The van der Waals surface area contributed by atoms with Crippen LogP contribution in [0.1, 0.15) is 41.7 Å². The van der Waals surface area contributed by atoms with Gasteiger partial charge in [0.15, 0.2) is 6.61 Å². The quantitative estimate of drug-likeness (QED) is 0.821. The van der Waals surface area contributed by atoms with Crippen molar-refractivity contribution in [1.82, 2.24) is 5.32 Å². The highest BCUT2D eigenvalue weighted by molar-refractivity contribution is 6.34. The first-order chi connectivity index (χ1) is 13.5. The van der Waals surface area contributed by atoms with Crippen LogP contribution in [0.15, 0.2) is 36.4 Å². The van der Waals surface area contributed by atoms with E-state index in [1.54, 1.807) is 12.1 Å². The average Bonchev–Trinajstić information content (AvgIpc) is 3.22. The third kappa shape index (κ3) is 3.78. The predicted octanol–water partition coefficient (Wildman–Crippen LogP) is 3.76. The molecule has 1 saturated heterocycles. The van der Waals surface area contributed by atoms with E-state index >= 15 is 0 Å². The Kier molecular flexibility index (Phi) is 5.13. The van der Waals surface area contributed by atoms with Crippen LogP contribution in [0.3, 0.4) is 0 Å². The van der Waals surface area contributed by atoms with Crippen molar-refractivity contribution in [1.29, 1.82) is 0 Å². The summed E-state index contributed by atoms with van der Waals surface area (Å²) in [4.78, 5) is 26.6. The van der Waals surface area contributed by atoms with Crippen LogP contribution in [0.4, 0.5) is 11.4 Å². The van der Waals surface area contributed by atoms with Crippen molar-refractivity contribution < 1.29 is 14.3 Å². The molecule has 2 heterocycles. The van der Waals surface area contributed by atoms with Crippen LogP contribution < -0.4 is 20.3 Å². The molecule has 0 spiro atoms. The third-order valence-corrected chi connectivity index (χ3v) is 5.45. The van der Waals surface area contributed by atoms with E-state index in [0.717, 1.165) is 18.7 Å². The number of benzene rings is 2. The van der Waals surface area contributed by atoms with Crippen molar-refractivity contribution in [3.8, 4) is 5.75 Å². The molecule has 6 nitrogen and oxygen atoms in total. The third-order valence-electron chi connectivity index (χ3n) is 5.14. The molecule has 2 amide bonds. The minimum Gasteiger partial charge on any atom is -0.482 e. The number of carbonyl (C=O) groups is 2. The second-order valence-corrected chi connectivity index (χ2v) is 7.56. The topological polar surface area (TPSA) is 70.7 Å². The molecule has 0 radical (unpaired) electrons. The SMILES string of the molecule is CC(NC(=O)c1cc2c(cc1Cl)NC(=O)CO2)c1cccc(N2CCCC2)c1. The maximum absolute atomic E-state index is 12.8. The standard InChI is InChI=1S/C21H22ClN3O3/c1-13(14-5-4-6-15(9-14)25-7-2-3-8-25)23-21(27)16-10-19-18(11-17(16)22)24-20(26)12-28-19/h4-6,9-11,13H,2-3,7-8,12H2,1H3,(H,23,27)(H,24,26). The molecule has 2 aliphatic heterocycles. The van der Waals surface area contributed by atoms with Crippen molar-refractivity contribution in [2.24, 2.45) is 0 Å². The highest BCUT2D eigenvalue weighted by Gasteiger charge is 2.22. The lowest BCUT2D eigenvalue weighted by Crippen LogP contribution is -2.28. The van der Waals surface area contributed by atoms with Gasteiger partial charge in [0.25, 0.3) is 11.8 Å². The van der Waals surface area contributed by atoms with Gasteiger partial charge in [-0.2, -0.15) is 0 Å². The summed E-state index contributed by atoms with van der Waals surface area (Å²) in [6.07, 6.45) is 2.44. The molecular weight excluding hydrogens is 378 g/mol. The lowest BCUT2D eigenvalue weighted by Gasteiger charge is -2.22. The molecule has 146 valence electrons. The van der Waals surface area contributed by atoms with Crippen LogP contribution in [0.5, 0.6) is 5.75 Å². The minimum absolute atomic E-state index is 0.0740. The van der Waals surface area contributed by atoms with Crippen molar-refractivity contribution in [2.75, 3.05) is 29.9 Å². The van der Waals surface area contributed by atoms with Crippen LogP contribution in [0.25, 0.3) is 0 Å². The van der Waals surface area contributed by atoms with Crippen molar-refractivity contribution in [2.45, 2.75) is 25.8 Å². The largest absolute Gasteiger partial charge is 0.482 e. The number of anilines is 2. The van der Waals surface area contributed by atoms with Gasteiger partial charge in [-0.3, -0.25) is 9.59 Å². The fraction of sp³-hybridized carbons (Fsp3) is 0.333. The predicted molar refractivity (Wildman–Crippen MR) is 109 cm³/mol. The minimum atomic E-state index is -0.285. The van der Waals surface area contributed by atoms with E-state index in [1.807, 2.05) is 19.1 Å². The Hall–Kier alpha value is -2.73. The fourth-order valence-electron chi connectivity index (χ4n) is 3.60. The lowest BCUT2D eigenvalue weighted by molar-refractivity contribution is -0.118. The van der Waals surface area contributed by atoms with Gasteiger partial charge in [-0.15, -0.1) is 0 Å². The zero-order valence-corrected chi connectivity index (χ0v) is 16.4. The number of hydrogen-bond acceptors (Lipinski definition) is 4. The second-order valence-electron chi connectivity index (χ2n) is 7.15. The van der Waals surface area contributed by atoms with Crippen LogP contribution in [0, 0.1) is 0 Å². The van der Waals surface area contributed by atoms with Gasteiger partial charge >= 0.3 is 0 Å². The fourth-order valence-corrected chi connectivity index (χ4v) is 3.85. The Morgan fingerprint density at radius 2 is 2.04 bits per heavy atom. The molecule has 1 unspecified atom stereocenters. The zero-order valence-electron chi connectivity index (χ0n) is 15.6. The molecule has 4 rings (SSSR count). The number of amides is 2. The molecule has 2 N–H and O–H groups in total. The van der Waals surface area contributed by atoms with Gasteiger partial charge in [0, 0.05) is 18.8 Å². The van der Waals surface area contributed by atoms with Crippen LogP contribution in [-0.4, -0.2) is 31.5 Å². The van der Waals surface area contributed by atoms with Gasteiger partial charge in [0.05, 0.1) is 22.3 Å². The number of nitrogens with zero attached hydrogens (tertiary/aromatic N) is 1. The number of rotatable bonds is 4. The van der Waals surface area contributed by atoms with Crippen LogP contribution >= 0.6 is 11.6 Å². The monoisotopic (exact) mass is 399 g/mol. The Morgan fingerprint density at radius 3 is 2.82 bits per heavy atom. The first-order valence-electron chi connectivity index (χ1n) is 9.43. The summed E-state index contributed by atoms with van der Waals surface area (Å²) in [7, 11) is 0. The molecule has 0 aliphatic carbocycles. The summed E-state index contributed by atoms with van der Waals surface area (Å²) < 4.78 is 5.39. The van der Waals surface area contributed by atoms with E-state index in [2.05, 4.69) is 27.7 Å². The summed E-state index contributed by atoms with van der Waals surface area (Å²) >= 11 is 6.27. The van der Waals surface area contributed by atoms with Gasteiger partial charge in [0.2, 0.25) is 0 Å². The average molecular weight is 400 g/mol. The number of fused-ring (bicyclic) bond motifs is 1. The van der Waals surface area contributed by atoms with Gasteiger partial charge in [-0.25, -0.2) is 0 Å². The maximum Gasteiger partial charge on any atom is 0.262 e. The lowest BCUT2D eigenvalue weighted by atomic mass is 10.1. The summed E-state index contributed by atoms with van der Waals surface area (Å²) in [5.41, 5.74) is 3.02. The van der Waals surface area contributed by atoms with Crippen molar-refractivity contribution in [3.05, 3.63) is 52.5 Å². The Labute approximate surface area is 168 Å². The molecule has 1 atom stereocenters. The molecule has 0 saturated carbocycles. The van der Waals surface area contributed by atoms with Gasteiger partial charge in [-0.1, -0.05) is 23.7 Å². The van der Waals surface area contributed by atoms with E-state index in [1.165, 1.54) is 18.5 Å². The number of halogens is 1. The molecule has 2 aromatic carbocycles. The molecule has 28 heavy (non-hydrogen) atoms. The highest BCUT2D eigenvalue weighted by Crippen LogP contribution is 2.34. The van der Waals surface area contributed by atoms with Crippen LogP contribution in [0.2, 0.25) is 5.02 Å². The Morgan fingerprint density at radius 1 is 1.25 bits per heavy atom. The maximum atomic E-state index is 12.8. The van der Waals surface area contributed by atoms with E-state index in [-0.39, 0.29) is 29.5 Å². The summed E-state index contributed by atoms with van der Waals surface area (Å²) in [6.45, 7) is 4.02. The summed E-state index contributed by atoms with van der Waals surface area (Å²) in [5.74, 6) is -0.0857. The first-order valence-corrected chi connectivity index (χ1v) is 9.81. The van der Waals surface area contributed by atoms with Crippen LogP contribution in [-0.2, 0) is 4.79 Å². The smallest absolute Gasteiger partial charge is 0.262 e. The Bertz CT molecular complexity index is 925. The summed E-state index contributed by atoms with van der Waals surface area (Å²) in [6, 6.07) is 11.2. The molecule has 2 aliphatic rings. The first kappa shape index (κ1) is 18.6. The molecule has 2 aromatic rings.